The zero-order chi connectivity index (χ0) is 17.7. The standard InChI is InChI=1S/C21H28N2O/c1-15-10-11-17(14-16(15)2)23-20(24)12-13-22-19-9-7-6-8-18(19)21(3,4)5/h6-11,14,22H,12-13H2,1-5H3,(H,23,24). The molecule has 1 amide bonds. The molecular weight excluding hydrogens is 296 g/mol. The average molecular weight is 324 g/mol. The first-order chi connectivity index (χ1) is 11.3. The van der Waals surface area contributed by atoms with Crippen LogP contribution in [0.15, 0.2) is 42.5 Å². The molecule has 0 atom stereocenters. The number of benzene rings is 2. The molecule has 0 saturated carbocycles. The number of carbonyl (C=O) groups excluding carboxylic acids is 1. The Labute approximate surface area is 145 Å². The number of rotatable bonds is 5. The van der Waals surface area contributed by atoms with Gasteiger partial charge in [0.05, 0.1) is 0 Å². The lowest BCUT2D eigenvalue weighted by atomic mass is 9.86. The summed E-state index contributed by atoms with van der Waals surface area (Å²) in [5.41, 5.74) is 5.71. The summed E-state index contributed by atoms with van der Waals surface area (Å²) in [6.45, 7) is 11.3. The predicted molar refractivity (Wildman–Crippen MR) is 103 cm³/mol. The molecule has 2 N–H and O–H groups in total. The van der Waals surface area contributed by atoms with Crippen molar-refractivity contribution in [2.45, 2.75) is 46.5 Å². The van der Waals surface area contributed by atoms with Crippen LogP contribution in [0.4, 0.5) is 11.4 Å². The number of para-hydroxylation sites is 1. The van der Waals surface area contributed by atoms with E-state index in [1.807, 2.05) is 24.3 Å². The first kappa shape index (κ1) is 18.1. The van der Waals surface area contributed by atoms with E-state index in [4.69, 9.17) is 0 Å². The van der Waals surface area contributed by atoms with Crippen LogP contribution in [-0.4, -0.2) is 12.5 Å². The molecule has 0 aliphatic carbocycles. The van der Waals surface area contributed by atoms with Gasteiger partial charge in [-0.2, -0.15) is 0 Å². The van der Waals surface area contributed by atoms with E-state index < -0.39 is 0 Å². The van der Waals surface area contributed by atoms with Gasteiger partial charge in [0.15, 0.2) is 0 Å². The Morgan fingerprint density at radius 2 is 1.71 bits per heavy atom. The zero-order valence-corrected chi connectivity index (χ0v) is 15.4. The van der Waals surface area contributed by atoms with Gasteiger partial charge in [0.25, 0.3) is 0 Å². The molecule has 128 valence electrons. The number of aryl methyl sites for hydroxylation is 2. The first-order valence-electron chi connectivity index (χ1n) is 8.48. The molecule has 2 rings (SSSR count). The van der Waals surface area contributed by atoms with Gasteiger partial charge < -0.3 is 10.6 Å². The summed E-state index contributed by atoms with van der Waals surface area (Å²) in [5, 5.41) is 6.36. The van der Waals surface area contributed by atoms with Crippen LogP contribution in [0.3, 0.4) is 0 Å². The highest BCUT2D eigenvalue weighted by atomic mass is 16.1. The third-order valence-electron chi connectivity index (χ3n) is 4.19. The molecule has 3 heteroatoms. The maximum Gasteiger partial charge on any atom is 0.226 e. The number of hydrogen-bond acceptors (Lipinski definition) is 2. The topological polar surface area (TPSA) is 41.1 Å². The Morgan fingerprint density at radius 1 is 1.00 bits per heavy atom. The van der Waals surface area contributed by atoms with Crippen molar-refractivity contribution in [2.75, 3.05) is 17.2 Å². The van der Waals surface area contributed by atoms with E-state index in [2.05, 4.69) is 63.5 Å². The van der Waals surface area contributed by atoms with Gasteiger partial charge in [-0.25, -0.2) is 0 Å². The largest absolute Gasteiger partial charge is 0.384 e. The average Bonchev–Trinajstić information content (AvgIpc) is 2.50. The van der Waals surface area contributed by atoms with Crippen molar-refractivity contribution in [2.24, 2.45) is 0 Å². The molecule has 0 aliphatic heterocycles. The van der Waals surface area contributed by atoms with Crippen molar-refractivity contribution in [3.05, 3.63) is 59.2 Å². The fourth-order valence-corrected chi connectivity index (χ4v) is 2.64. The Balaban J connectivity index is 1.90. The van der Waals surface area contributed by atoms with E-state index in [-0.39, 0.29) is 11.3 Å². The van der Waals surface area contributed by atoms with Gasteiger partial charge in [-0.3, -0.25) is 4.79 Å². The summed E-state index contributed by atoms with van der Waals surface area (Å²) in [6, 6.07) is 14.3. The van der Waals surface area contributed by atoms with Crippen LogP contribution < -0.4 is 10.6 Å². The number of amides is 1. The maximum absolute atomic E-state index is 12.1. The fourth-order valence-electron chi connectivity index (χ4n) is 2.64. The monoisotopic (exact) mass is 324 g/mol. The molecule has 0 spiro atoms. The van der Waals surface area contributed by atoms with E-state index in [1.54, 1.807) is 0 Å². The molecular formula is C21H28N2O. The first-order valence-corrected chi connectivity index (χ1v) is 8.48. The molecule has 0 fully saturated rings. The van der Waals surface area contributed by atoms with Gasteiger partial charge in [-0.05, 0) is 54.2 Å². The molecule has 2 aromatic rings. The van der Waals surface area contributed by atoms with Crippen LogP contribution in [0, 0.1) is 13.8 Å². The highest BCUT2D eigenvalue weighted by Crippen LogP contribution is 2.29. The summed E-state index contributed by atoms with van der Waals surface area (Å²) < 4.78 is 0. The smallest absolute Gasteiger partial charge is 0.226 e. The summed E-state index contributed by atoms with van der Waals surface area (Å²) in [4.78, 5) is 12.1. The minimum absolute atomic E-state index is 0.0268. The molecule has 0 aromatic heterocycles. The van der Waals surface area contributed by atoms with Gasteiger partial charge in [-0.1, -0.05) is 45.0 Å². The van der Waals surface area contributed by atoms with Crippen molar-refractivity contribution in [3.63, 3.8) is 0 Å². The van der Waals surface area contributed by atoms with Gasteiger partial charge in [0, 0.05) is 24.3 Å². The van der Waals surface area contributed by atoms with Crippen LogP contribution >= 0.6 is 0 Å². The highest BCUT2D eigenvalue weighted by molar-refractivity contribution is 5.91. The second-order valence-corrected chi connectivity index (χ2v) is 7.32. The molecule has 24 heavy (non-hydrogen) atoms. The van der Waals surface area contributed by atoms with Gasteiger partial charge >= 0.3 is 0 Å². The van der Waals surface area contributed by atoms with Crippen LogP contribution in [0.1, 0.15) is 43.9 Å². The van der Waals surface area contributed by atoms with Crippen LogP contribution in [0.2, 0.25) is 0 Å². The van der Waals surface area contributed by atoms with E-state index in [0.717, 1.165) is 11.4 Å². The third kappa shape index (κ3) is 4.85. The molecule has 0 heterocycles. The van der Waals surface area contributed by atoms with Crippen molar-refractivity contribution in [1.29, 1.82) is 0 Å². The second kappa shape index (κ2) is 7.52. The second-order valence-electron chi connectivity index (χ2n) is 7.32. The van der Waals surface area contributed by atoms with E-state index >= 15 is 0 Å². The van der Waals surface area contributed by atoms with Crippen molar-refractivity contribution < 1.29 is 4.79 Å². The number of anilines is 2. The molecule has 3 nitrogen and oxygen atoms in total. The Hall–Kier alpha value is -2.29. The van der Waals surface area contributed by atoms with Crippen molar-refractivity contribution >= 4 is 17.3 Å². The van der Waals surface area contributed by atoms with E-state index in [0.29, 0.717) is 13.0 Å². The lowest BCUT2D eigenvalue weighted by molar-refractivity contribution is -0.115. The quantitative estimate of drug-likeness (QED) is 0.809. The fraction of sp³-hybridized carbons (Fsp3) is 0.381. The summed E-state index contributed by atoms with van der Waals surface area (Å²) in [7, 11) is 0. The lowest BCUT2D eigenvalue weighted by Crippen LogP contribution is -2.19. The number of hydrogen-bond donors (Lipinski definition) is 2. The summed E-state index contributed by atoms with van der Waals surface area (Å²) in [5.74, 6) is 0.0268. The zero-order valence-electron chi connectivity index (χ0n) is 15.4. The molecule has 0 radical (unpaired) electrons. The SMILES string of the molecule is Cc1ccc(NC(=O)CCNc2ccccc2C(C)(C)C)cc1C. The van der Waals surface area contributed by atoms with E-state index in [1.165, 1.54) is 16.7 Å². The minimum Gasteiger partial charge on any atom is -0.384 e. The summed E-state index contributed by atoms with van der Waals surface area (Å²) in [6.07, 6.45) is 0.436. The highest BCUT2D eigenvalue weighted by Gasteiger charge is 2.17. The molecule has 2 aromatic carbocycles. The van der Waals surface area contributed by atoms with Crippen molar-refractivity contribution in [3.8, 4) is 0 Å². The van der Waals surface area contributed by atoms with Gasteiger partial charge in [0.2, 0.25) is 5.91 Å². The van der Waals surface area contributed by atoms with E-state index in [9.17, 15) is 4.79 Å². The summed E-state index contributed by atoms with van der Waals surface area (Å²) >= 11 is 0. The van der Waals surface area contributed by atoms with Crippen molar-refractivity contribution in [1.82, 2.24) is 0 Å². The maximum atomic E-state index is 12.1. The molecule has 0 unspecified atom stereocenters. The Bertz CT molecular complexity index is 714. The molecule has 0 saturated heterocycles. The minimum atomic E-state index is 0.0268. The van der Waals surface area contributed by atoms with Gasteiger partial charge in [0.1, 0.15) is 0 Å². The number of nitrogens with one attached hydrogen (secondary N) is 2. The van der Waals surface area contributed by atoms with Crippen LogP contribution in [0.5, 0.6) is 0 Å². The third-order valence-corrected chi connectivity index (χ3v) is 4.19. The number of carbonyl (C=O) groups is 1. The predicted octanol–water partition coefficient (Wildman–Crippen LogP) is 5.04. The normalized spacial score (nSPS) is 11.2. The molecule has 0 aliphatic rings. The van der Waals surface area contributed by atoms with Crippen LogP contribution in [0.25, 0.3) is 0 Å². The molecule has 0 bridgehead atoms. The van der Waals surface area contributed by atoms with Gasteiger partial charge in [-0.15, -0.1) is 0 Å². The lowest BCUT2D eigenvalue weighted by Gasteiger charge is -2.23. The Morgan fingerprint density at radius 3 is 2.38 bits per heavy atom. The Kier molecular flexibility index (Phi) is 5.66. The van der Waals surface area contributed by atoms with Crippen LogP contribution in [-0.2, 0) is 10.2 Å².